The smallest absolute Gasteiger partial charge is 0.270 e. The maximum Gasteiger partial charge on any atom is 0.270 e. The lowest BCUT2D eigenvalue weighted by Crippen LogP contribution is -2.48. The van der Waals surface area contributed by atoms with E-state index in [1.165, 1.54) is 4.57 Å². The zero-order valence-corrected chi connectivity index (χ0v) is 22.0. The van der Waals surface area contributed by atoms with Crippen LogP contribution in [-0.2, 0) is 16.1 Å². The molecule has 0 saturated carbocycles. The van der Waals surface area contributed by atoms with Crippen molar-refractivity contribution in [2.75, 3.05) is 63.6 Å². The number of benzene rings is 1. The van der Waals surface area contributed by atoms with Gasteiger partial charge in [-0.05, 0) is 39.1 Å². The first-order valence-corrected chi connectivity index (χ1v) is 12.8. The highest BCUT2D eigenvalue weighted by Crippen LogP contribution is 2.19. The van der Waals surface area contributed by atoms with E-state index in [2.05, 4.69) is 27.5 Å². The van der Waals surface area contributed by atoms with Gasteiger partial charge in [0.25, 0.3) is 11.5 Å². The molecular weight excluding hydrogens is 478 g/mol. The molecule has 1 aromatic heterocycles. The maximum absolute atomic E-state index is 12.9. The van der Waals surface area contributed by atoms with E-state index in [-0.39, 0.29) is 17.0 Å². The number of thiazole rings is 1. The van der Waals surface area contributed by atoms with Crippen LogP contribution in [-0.4, -0.2) is 79.5 Å². The van der Waals surface area contributed by atoms with E-state index >= 15 is 0 Å². The topological polar surface area (TPSA) is 114 Å². The summed E-state index contributed by atoms with van der Waals surface area (Å²) < 4.78 is 2.12. The summed E-state index contributed by atoms with van der Waals surface area (Å²) in [6.45, 7) is 8.29. The number of anilines is 2. The summed E-state index contributed by atoms with van der Waals surface area (Å²) in [5.74, 6) is -0.487. The number of nitriles is 1. The van der Waals surface area contributed by atoms with Crippen molar-refractivity contribution in [3.05, 3.63) is 43.8 Å². The molecule has 0 spiro atoms. The van der Waals surface area contributed by atoms with Gasteiger partial charge >= 0.3 is 0 Å². The molecule has 3 rings (SSSR count). The van der Waals surface area contributed by atoms with Crippen molar-refractivity contribution in [2.45, 2.75) is 20.4 Å². The molecule has 1 fully saturated rings. The number of likely N-dealkylation sites (N-methyl/N-ethyl adjacent to an activating group) is 2. The summed E-state index contributed by atoms with van der Waals surface area (Å²) in [7, 11) is 3.84. The van der Waals surface area contributed by atoms with Gasteiger partial charge in [0.15, 0.2) is 5.57 Å². The summed E-state index contributed by atoms with van der Waals surface area (Å²) in [6.07, 6.45) is 1.57. The summed E-state index contributed by atoms with van der Waals surface area (Å²) >= 11 is 1.09. The molecule has 2 heterocycles. The van der Waals surface area contributed by atoms with Gasteiger partial charge in [-0.15, -0.1) is 11.3 Å². The van der Waals surface area contributed by atoms with Crippen LogP contribution in [0, 0.1) is 11.3 Å². The van der Waals surface area contributed by atoms with Crippen LogP contribution >= 0.6 is 11.3 Å². The van der Waals surface area contributed by atoms with Crippen LogP contribution in [0.3, 0.4) is 0 Å². The van der Waals surface area contributed by atoms with E-state index in [9.17, 15) is 19.6 Å². The second-order valence-corrected chi connectivity index (χ2v) is 9.57. The number of carbonyl (C=O) groups excluding carboxylic acids is 2. The fourth-order valence-corrected chi connectivity index (χ4v) is 4.92. The number of nitrogens with zero attached hydrogens (tertiary/aromatic N) is 5. The molecule has 0 unspecified atom stereocenters. The third kappa shape index (κ3) is 6.40. The second-order valence-electron chi connectivity index (χ2n) is 8.54. The van der Waals surface area contributed by atoms with Crippen molar-refractivity contribution < 1.29 is 9.59 Å². The Kier molecular flexibility index (Phi) is 9.41. The minimum Gasteiger partial charge on any atom is -0.360 e. The Morgan fingerprint density at radius 3 is 2.58 bits per heavy atom. The lowest BCUT2D eigenvalue weighted by molar-refractivity contribution is -0.120. The first kappa shape index (κ1) is 27.1. The van der Waals surface area contributed by atoms with Crippen LogP contribution in [0.2, 0.25) is 0 Å². The first-order chi connectivity index (χ1) is 17.3. The van der Waals surface area contributed by atoms with Crippen LogP contribution in [0.5, 0.6) is 0 Å². The zero-order valence-electron chi connectivity index (χ0n) is 21.2. The Labute approximate surface area is 214 Å². The van der Waals surface area contributed by atoms with Gasteiger partial charge in [-0.3, -0.25) is 23.9 Å². The molecule has 1 aliphatic heterocycles. The monoisotopic (exact) mass is 511 g/mol. The molecule has 36 heavy (non-hydrogen) atoms. The van der Waals surface area contributed by atoms with E-state index in [1.54, 1.807) is 32.0 Å². The average molecular weight is 512 g/mol. The molecule has 0 aliphatic carbocycles. The van der Waals surface area contributed by atoms with Crippen molar-refractivity contribution in [2.24, 2.45) is 0 Å². The standard InChI is InChI=1S/C25H33N7O3S/c1-5-27-23(34)20(15-26)25-32(6-2)24(35)21(36-25)16-28-18-8-7-9-19(14-18)30(4)22(33)17-31-12-10-29(3)11-13-31/h7-9,14,16,28H,5-6,10-13,17H2,1-4H3,(H,27,34). The molecule has 0 atom stereocenters. The van der Waals surface area contributed by atoms with Crippen molar-refractivity contribution in [3.63, 3.8) is 0 Å². The Morgan fingerprint density at radius 2 is 1.94 bits per heavy atom. The van der Waals surface area contributed by atoms with E-state index < -0.39 is 5.91 Å². The quantitative estimate of drug-likeness (QED) is 0.505. The number of piperazine rings is 1. The number of rotatable bonds is 8. The third-order valence-electron chi connectivity index (χ3n) is 6.05. The van der Waals surface area contributed by atoms with Crippen molar-refractivity contribution in [1.82, 2.24) is 19.7 Å². The van der Waals surface area contributed by atoms with Gasteiger partial charge in [-0.2, -0.15) is 5.26 Å². The normalized spacial score (nSPS) is 15.8. The minimum absolute atomic E-state index is 0.0133. The summed E-state index contributed by atoms with van der Waals surface area (Å²) in [6, 6.07) is 9.31. The van der Waals surface area contributed by atoms with Crippen molar-refractivity contribution in [1.29, 1.82) is 5.26 Å². The molecule has 11 heteroatoms. The molecule has 1 saturated heterocycles. The minimum atomic E-state index is -0.500. The highest BCUT2D eigenvalue weighted by molar-refractivity contribution is 7.07. The van der Waals surface area contributed by atoms with Crippen molar-refractivity contribution in [3.8, 4) is 6.07 Å². The predicted molar refractivity (Wildman–Crippen MR) is 143 cm³/mol. The zero-order chi connectivity index (χ0) is 26.2. The van der Waals surface area contributed by atoms with Gasteiger partial charge in [-0.1, -0.05) is 6.07 Å². The number of carbonyl (C=O) groups is 2. The number of amides is 2. The Hall–Kier alpha value is -3.46. The van der Waals surface area contributed by atoms with E-state index in [1.807, 2.05) is 30.3 Å². The Bertz CT molecular complexity index is 1320. The number of hydrogen-bond acceptors (Lipinski definition) is 8. The Balaban J connectivity index is 1.82. The van der Waals surface area contributed by atoms with Crippen LogP contribution in [0.15, 0.2) is 29.1 Å². The first-order valence-electron chi connectivity index (χ1n) is 12.0. The van der Waals surface area contributed by atoms with E-state index in [0.717, 1.165) is 43.2 Å². The third-order valence-corrected chi connectivity index (χ3v) is 7.18. The van der Waals surface area contributed by atoms with E-state index in [4.69, 9.17) is 0 Å². The molecular formula is C25H33N7O3S. The molecule has 192 valence electrons. The van der Waals surface area contributed by atoms with Gasteiger partial charge in [0.05, 0.1) is 6.54 Å². The molecule has 0 radical (unpaired) electrons. The highest BCUT2D eigenvalue weighted by atomic mass is 32.1. The lowest BCUT2D eigenvalue weighted by atomic mass is 10.2. The maximum atomic E-state index is 12.9. The SMILES string of the molecule is CCNC(=O)C(C#N)=c1sc(=CNc2cccc(N(C)C(=O)CN3CCN(C)CC3)c2)c(=O)n1CC. The van der Waals surface area contributed by atoms with Gasteiger partial charge in [-0.25, -0.2) is 0 Å². The van der Waals surface area contributed by atoms with Gasteiger partial charge in [0.1, 0.15) is 15.3 Å². The predicted octanol–water partition coefficient (Wildman–Crippen LogP) is -0.200. The number of hydrogen-bond donors (Lipinski definition) is 2. The Morgan fingerprint density at radius 1 is 1.22 bits per heavy atom. The van der Waals surface area contributed by atoms with Gasteiger partial charge in [0.2, 0.25) is 5.91 Å². The molecule has 10 nitrogen and oxygen atoms in total. The largest absolute Gasteiger partial charge is 0.360 e. The summed E-state index contributed by atoms with van der Waals surface area (Å²) in [5.41, 5.74) is 1.08. The molecule has 1 aliphatic rings. The van der Waals surface area contributed by atoms with Crippen LogP contribution < -0.4 is 30.3 Å². The van der Waals surface area contributed by atoms with Crippen molar-refractivity contribution >= 4 is 46.3 Å². The fraction of sp³-hybridized carbons (Fsp3) is 0.440. The summed E-state index contributed by atoms with van der Waals surface area (Å²) in [4.78, 5) is 44.1. The van der Waals surface area contributed by atoms with Crippen LogP contribution in [0.25, 0.3) is 11.8 Å². The average Bonchev–Trinajstić information content (AvgIpc) is 3.19. The van der Waals surface area contributed by atoms with Crippen LogP contribution in [0.4, 0.5) is 11.4 Å². The lowest BCUT2D eigenvalue weighted by Gasteiger charge is -2.32. The molecule has 2 amide bonds. The fourth-order valence-electron chi connectivity index (χ4n) is 3.84. The molecule has 2 aromatic rings. The second kappa shape index (κ2) is 12.5. The van der Waals surface area contributed by atoms with Gasteiger partial charge in [0, 0.05) is 63.9 Å². The number of nitrogens with one attached hydrogen (secondary N) is 2. The molecule has 1 aromatic carbocycles. The molecule has 0 bridgehead atoms. The molecule has 2 N–H and O–H groups in total. The number of aromatic nitrogens is 1. The van der Waals surface area contributed by atoms with E-state index in [0.29, 0.717) is 34.5 Å². The summed E-state index contributed by atoms with van der Waals surface area (Å²) in [5, 5.41) is 15.3. The van der Waals surface area contributed by atoms with Gasteiger partial charge < -0.3 is 20.4 Å². The highest BCUT2D eigenvalue weighted by Gasteiger charge is 2.19. The van der Waals surface area contributed by atoms with Crippen LogP contribution in [0.1, 0.15) is 13.8 Å².